The van der Waals surface area contributed by atoms with Crippen molar-refractivity contribution in [1.82, 2.24) is 0 Å². The van der Waals surface area contributed by atoms with Crippen LogP contribution in [0, 0.1) is 23.7 Å². The van der Waals surface area contributed by atoms with E-state index in [1.807, 2.05) is 18.2 Å². The maximum Gasteiger partial charge on any atom is 0.309 e. The van der Waals surface area contributed by atoms with E-state index in [0.717, 1.165) is 30.2 Å². The van der Waals surface area contributed by atoms with Crippen LogP contribution in [0.5, 0.6) is 0 Å². The predicted octanol–water partition coefficient (Wildman–Crippen LogP) is 5.88. The van der Waals surface area contributed by atoms with Gasteiger partial charge in [0.1, 0.15) is 12.9 Å². The van der Waals surface area contributed by atoms with Crippen molar-refractivity contribution in [3.63, 3.8) is 0 Å². The molecule has 4 aliphatic rings. The highest BCUT2D eigenvalue weighted by Crippen LogP contribution is 2.62. The highest BCUT2D eigenvalue weighted by atomic mass is 28.4. The van der Waals surface area contributed by atoms with Crippen LogP contribution in [0.2, 0.25) is 45.3 Å². The van der Waals surface area contributed by atoms with Crippen LogP contribution < -0.4 is 0 Å². The van der Waals surface area contributed by atoms with Crippen molar-refractivity contribution in [3.05, 3.63) is 48.0 Å². The molecule has 4 bridgehead atoms. The van der Waals surface area contributed by atoms with Crippen LogP contribution in [0.15, 0.2) is 42.5 Å². The molecule has 1 aliphatic heterocycles. The fourth-order valence-electron chi connectivity index (χ4n) is 6.52. The van der Waals surface area contributed by atoms with Gasteiger partial charge in [-0.1, -0.05) is 56.6 Å². The molecule has 8 heteroatoms. The molecule has 3 saturated carbocycles. The molecule has 1 heterocycles. The molecular weight excluding hydrogens is 500 g/mol. The van der Waals surface area contributed by atoms with E-state index in [2.05, 4.69) is 58.0 Å². The quantitative estimate of drug-likeness (QED) is 0.101. The summed E-state index contributed by atoms with van der Waals surface area (Å²) in [4.78, 5) is 12.7. The second-order valence-corrected chi connectivity index (χ2v) is 23.3. The van der Waals surface area contributed by atoms with Gasteiger partial charge in [-0.2, -0.15) is 0 Å². The van der Waals surface area contributed by atoms with Crippen molar-refractivity contribution >= 4 is 22.4 Å². The average Bonchev–Trinajstić information content (AvgIpc) is 2.79. The average molecular weight is 547 g/mol. The Kier molecular flexibility index (Phi) is 8.87. The van der Waals surface area contributed by atoms with Gasteiger partial charge >= 0.3 is 5.97 Å². The van der Waals surface area contributed by atoms with Crippen molar-refractivity contribution in [3.8, 4) is 0 Å². The molecule has 0 N–H and O–H groups in total. The molecule has 6 atom stereocenters. The molecule has 6 nitrogen and oxygen atoms in total. The summed E-state index contributed by atoms with van der Waals surface area (Å²) in [6, 6.07) is 11.4. The van der Waals surface area contributed by atoms with E-state index in [1.54, 1.807) is 0 Å². The fourth-order valence-corrected chi connectivity index (χ4v) is 8.70. The van der Waals surface area contributed by atoms with Crippen LogP contribution in [0.1, 0.15) is 18.4 Å². The first-order valence-corrected chi connectivity index (χ1v) is 20.9. The number of rotatable bonds is 13. The third kappa shape index (κ3) is 6.83. The Labute approximate surface area is 225 Å². The Morgan fingerprint density at radius 3 is 2.38 bits per heavy atom. The van der Waals surface area contributed by atoms with E-state index in [-0.39, 0.29) is 42.2 Å². The standard InChI is InChI=1S/C29H46O6Si2/c1-21-23-15-26-28(29(21,16-27(30)34-26)35-37(5,6)7)25(19-32-17-22-11-9-8-10-12-22)24(23)18-33-20-31-13-14-36(2,3)4/h8-12,23-26,28H,1,13-20H2,2-7H3/t23-,24-,25+,26-,28+,29-/m1/s1. The van der Waals surface area contributed by atoms with E-state index >= 15 is 0 Å². The topological polar surface area (TPSA) is 63.2 Å². The first-order valence-electron chi connectivity index (χ1n) is 13.8. The molecule has 5 rings (SSSR count). The molecule has 0 aromatic heterocycles. The van der Waals surface area contributed by atoms with E-state index in [1.165, 1.54) is 0 Å². The Morgan fingerprint density at radius 2 is 1.70 bits per heavy atom. The minimum absolute atomic E-state index is 0.0200. The Balaban J connectivity index is 1.51. The van der Waals surface area contributed by atoms with Crippen LogP contribution in [-0.4, -0.2) is 60.7 Å². The van der Waals surface area contributed by atoms with E-state index in [4.69, 9.17) is 23.4 Å². The summed E-state index contributed by atoms with van der Waals surface area (Å²) in [7, 11) is -3.12. The van der Waals surface area contributed by atoms with Crippen LogP contribution in [-0.2, 0) is 34.8 Å². The van der Waals surface area contributed by atoms with Crippen molar-refractivity contribution in [2.24, 2.45) is 23.7 Å². The molecule has 37 heavy (non-hydrogen) atoms. The molecule has 1 aromatic carbocycles. The van der Waals surface area contributed by atoms with Gasteiger partial charge < -0.3 is 23.4 Å². The number of carbonyl (C=O) groups is 1. The summed E-state index contributed by atoms with van der Waals surface area (Å²) >= 11 is 0. The molecular formula is C29H46O6Si2. The number of esters is 1. The second-order valence-electron chi connectivity index (χ2n) is 13.2. The Bertz CT molecular complexity index is 940. The summed E-state index contributed by atoms with van der Waals surface area (Å²) < 4.78 is 31.1. The van der Waals surface area contributed by atoms with Crippen LogP contribution in [0.25, 0.3) is 0 Å². The van der Waals surface area contributed by atoms with Gasteiger partial charge in [-0.25, -0.2) is 0 Å². The van der Waals surface area contributed by atoms with Gasteiger partial charge in [-0.3, -0.25) is 4.79 Å². The molecule has 1 aromatic rings. The summed E-state index contributed by atoms with van der Waals surface area (Å²) in [6.45, 7) is 20.9. The minimum Gasteiger partial charge on any atom is -0.462 e. The van der Waals surface area contributed by atoms with Gasteiger partial charge in [0.2, 0.25) is 0 Å². The normalized spacial score (nSPS) is 31.5. The summed E-state index contributed by atoms with van der Waals surface area (Å²) in [5.74, 6) is 0.372. The molecule has 3 aliphatic carbocycles. The number of fused-ring (bicyclic) bond motifs is 1. The summed E-state index contributed by atoms with van der Waals surface area (Å²) in [5, 5.41) is 0. The molecule has 0 radical (unpaired) electrons. The summed E-state index contributed by atoms with van der Waals surface area (Å²) in [6.07, 6.45) is 0.866. The maximum absolute atomic E-state index is 12.7. The zero-order chi connectivity index (χ0) is 26.8. The molecule has 0 spiro atoms. The first-order chi connectivity index (χ1) is 17.4. The molecule has 0 unspecified atom stereocenters. The largest absolute Gasteiger partial charge is 0.462 e. The van der Waals surface area contributed by atoms with Gasteiger partial charge in [0.15, 0.2) is 8.32 Å². The molecule has 206 valence electrons. The summed E-state index contributed by atoms with van der Waals surface area (Å²) in [5.41, 5.74) is 1.54. The highest BCUT2D eigenvalue weighted by molar-refractivity contribution is 6.76. The number of carbonyl (C=O) groups excluding carboxylic acids is 1. The Morgan fingerprint density at radius 1 is 1.00 bits per heavy atom. The lowest BCUT2D eigenvalue weighted by Crippen LogP contribution is -2.70. The number of benzene rings is 1. The zero-order valence-corrected chi connectivity index (χ0v) is 25.6. The molecule has 4 fully saturated rings. The van der Waals surface area contributed by atoms with Crippen molar-refractivity contribution < 1.29 is 28.2 Å². The molecule has 0 amide bonds. The second kappa shape index (κ2) is 11.4. The smallest absolute Gasteiger partial charge is 0.309 e. The van der Waals surface area contributed by atoms with Crippen molar-refractivity contribution in [2.75, 3.05) is 26.6 Å². The zero-order valence-electron chi connectivity index (χ0n) is 23.6. The lowest BCUT2D eigenvalue weighted by atomic mass is 9.48. The van der Waals surface area contributed by atoms with Crippen LogP contribution in [0.3, 0.4) is 0 Å². The minimum atomic E-state index is -1.99. The number of hydrogen-bond donors (Lipinski definition) is 0. The molecule has 1 saturated heterocycles. The fraction of sp³-hybridized carbons (Fsp3) is 0.690. The SMILES string of the molecule is C=C1[C@H]2C[C@H]3OC(=O)C[C@]1(O[Si](C)(C)C)[C@H]3[C@@H](COCc1ccccc1)[C@@H]2COCOCC[Si](C)(C)C. The van der Waals surface area contributed by atoms with E-state index in [0.29, 0.717) is 26.6 Å². The third-order valence-electron chi connectivity index (χ3n) is 8.02. The van der Waals surface area contributed by atoms with Gasteiger partial charge in [-0.05, 0) is 61.0 Å². The first kappa shape index (κ1) is 28.7. The monoisotopic (exact) mass is 546 g/mol. The van der Waals surface area contributed by atoms with Gasteiger partial charge in [-0.15, -0.1) is 0 Å². The lowest BCUT2D eigenvalue weighted by Gasteiger charge is -2.64. The van der Waals surface area contributed by atoms with Gasteiger partial charge in [0.25, 0.3) is 0 Å². The van der Waals surface area contributed by atoms with Crippen molar-refractivity contribution in [1.29, 1.82) is 0 Å². The Hall–Kier alpha value is -1.30. The van der Waals surface area contributed by atoms with Gasteiger partial charge in [0, 0.05) is 20.6 Å². The van der Waals surface area contributed by atoms with Crippen LogP contribution in [0.4, 0.5) is 0 Å². The van der Waals surface area contributed by atoms with E-state index < -0.39 is 22.0 Å². The van der Waals surface area contributed by atoms with Gasteiger partial charge in [0.05, 0.1) is 31.8 Å². The third-order valence-corrected chi connectivity index (χ3v) is 10.7. The maximum atomic E-state index is 12.7. The van der Waals surface area contributed by atoms with Crippen molar-refractivity contribution in [2.45, 2.75) is 76.5 Å². The van der Waals surface area contributed by atoms with Crippen LogP contribution >= 0.6 is 0 Å². The predicted molar refractivity (Wildman–Crippen MR) is 150 cm³/mol. The highest BCUT2D eigenvalue weighted by Gasteiger charge is 2.67. The number of ether oxygens (including phenoxy) is 4. The lowest BCUT2D eigenvalue weighted by molar-refractivity contribution is -0.227. The number of hydrogen-bond acceptors (Lipinski definition) is 6. The van der Waals surface area contributed by atoms with E-state index in [9.17, 15) is 4.79 Å².